The Morgan fingerprint density at radius 3 is 2.43 bits per heavy atom. The number of benzene rings is 1. The van der Waals surface area contributed by atoms with E-state index in [-0.39, 0.29) is 18.4 Å². The minimum absolute atomic E-state index is 0.0719. The van der Waals surface area contributed by atoms with E-state index in [9.17, 15) is 14.7 Å². The lowest BCUT2D eigenvalue weighted by Crippen LogP contribution is -2.37. The van der Waals surface area contributed by atoms with Crippen LogP contribution in [0.15, 0.2) is 24.3 Å². The van der Waals surface area contributed by atoms with Gasteiger partial charge in [0.25, 0.3) is 0 Å². The van der Waals surface area contributed by atoms with E-state index in [1.54, 1.807) is 0 Å². The molecule has 1 aliphatic heterocycles. The normalized spacial score (nSPS) is 22.3. The number of rotatable bonds is 3. The molecule has 4 heteroatoms. The molecule has 0 bridgehead atoms. The standard InChI is InChI=1S/C17H21NO3/c1-12-4-6-13(7-5-12)14(19)11-18-15(20)10-17(16(18)21)8-2-3-9-17/h4-7,14,19H,2-3,8-11H2,1H3. The monoisotopic (exact) mass is 287 g/mol. The molecule has 1 saturated carbocycles. The third-order valence-corrected chi connectivity index (χ3v) is 4.87. The third kappa shape index (κ3) is 2.48. The number of likely N-dealkylation sites (tertiary alicyclic amines) is 1. The smallest absolute Gasteiger partial charge is 0.236 e. The number of hydrogen-bond donors (Lipinski definition) is 1. The molecule has 1 atom stereocenters. The van der Waals surface area contributed by atoms with E-state index in [1.807, 2.05) is 31.2 Å². The molecule has 1 unspecified atom stereocenters. The maximum absolute atomic E-state index is 12.6. The topological polar surface area (TPSA) is 57.6 Å². The van der Waals surface area contributed by atoms with Crippen molar-refractivity contribution in [2.75, 3.05) is 6.54 Å². The molecule has 4 nitrogen and oxygen atoms in total. The van der Waals surface area contributed by atoms with Gasteiger partial charge in [-0.2, -0.15) is 0 Å². The van der Waals surface area contributed by atoms with Crippen LogP contribution in [-0.4, -0.2) is 28.4 Å². The first-order chi connectivity index (χ1) is 10.0. The highest BCUT2D eigenvalue weighted by Crippen LogP contribution is 2.47. The van der Waals surface area contributed by atoms with Crippen LogP contribution in [0.4, 0.5) is 0 Å². The second kappa shape index (κ2) is 5.26. The first-order valence-corrected chi connectivity index (χ1v) is 7.61. The summed E-state index contributed by atoms with van der Waals surface area (Å²) in [5, 5.41) is 10.3. The van der Waals surface area contributed by atoms with Crippen molar-refractivity contribution >= 4 is 11.8 Å². The lowest BCUT2D eigenvalue weighted by atomic mass is 9.84. The van der Waals surface area contributed by atoms with Crippen LogP contribution in [0.1, 0.15) is 49.3 Å². The van der Waals surface area contributed by atoms with Crippen LogP contribution in [0.5, 0.6) is 0 Å². The first kappa shape index (κ1) is 14.3. The molecule has 1 aromatic carbocycles. The SMILES string of the molecule is Cc1ccc(C(O)CN2C(=O)CC3(CCCC3)C2=O)cc1. The Labute approximate surface area is 124 Å². The molecule has 0 radical (unpaired) electrons. The van der Waals surface area contributed by atoms with Crippen LogP contribution in [0, 0.1) is 12.3 Å². The molecule has 1 N–H and O–H groups in total. The number of β-amino-alcohol motifs (C(OH)–C–C–N with tert-alkyl or cyclic N) is 1. The molecule has 1 aromatic rings. The zero-order valence-electron chi connectivity index (χ0n) is 12.3. The van der Waals surface area contributed by atoms with Gasteiger partial charge in [0.15, 0.2) is 0 Å². The van der Waals surface area contributed by atoms with Gasteiger partial charge in [-0.25, -0.2) is 0 Å². The van der Waals surface area contributed by atoms with Crippen molar-refractivity contribution in [1.29, 1.82) is 0 Å². The summed E-state index contributed by atoms with van der Waals surface area (Å²) in [4.78, 5) is 26.0. The second-order valence-electron chi connectivity index (χ2n) is 6.40. The summed E-state index contributed by atoms with van der Waals surface area (Å²) in [5.74, 6) is -0.204. The van der Waals surface area contributed by atoms with Crippen molar-refractivity contribution in [3.05, 3.63) is 35.4 Å². The molecule has 0 aromatic heterocycles. The van der Waals surface area contributed by atoms with Crippen molar-refractivity contribution in [2.24, 2.45) is 5.41 Å². The highest BCUT2D eigenvalue weighted by Gasteiger charge is 2.52. The average Bonchev–Trinajstić information content (AvgIpc) is 3.01. The van der Waals surface area contributed by atoms with Crippen LogP contribution < -0.4 is 0 Å². The van der Waals surface area contributed by atoms with Crippen molar-refractivity contribution in [3.63, 3.8) is 0 Å². The molecular formula is C17H21NO3. The quantitative estimate of drug-likeness (QED) is 0.868. The summed E-state index contributed by atoms with van der Waals surface area (Å²) in [6.45, 7) is 2.05. The van der Waals surface area contributed by atoms with E-state index in [4.69, 9.17) is 0 Å². The molecular weight excluding hydrogens is 266 g/mol. The van der Waals surface area contributed by atoms with Gasteiger partial charge < -0.3 is 5.11 Å². The van der Waals surface area contributed by atoms with E-state index >= 15 is 0 Å². The van der Waals surface area contributed by atoms with Gasteiger partial charge in [-0.1, -0.05) is 42.7 Å². The minimum Gasteiger partial charge on any atom is -0.387 e. The zero-order chi connectivity index (χ0) is 15.0. The van der Waals surface area contributed by atoms with Crippen LogP contribution in [-0.2, 0) is 9.59 Å². The largest absolute Gasteiger partial charge is 0.387 e. The number of aliphatic hydroxyl groups excluding tert-OH is 1. The number of amides is 2. The van der Waals surface area contributed by atoms with Crippen molar-refractivity contribution < 1.29 is 14.7 Å². The Morgan fingerprint density at radius 2 is 1.81 bits per heavy atom. The molecule has 2 fully saturated rings. The number of imide groups is 1. The molecule has 1 aliphatic carbocycles. The third-order valence-electron chi connectivity index (χ3n) is 4.87. The molecule has 2 aliphatic rings. The summed E-state index contributed by atoms with van der Waals surface area (Å²) in [7, 11) is 0. The van der Waals surface area contributed by atoms with Crippen molar-refractivity contribution in [3.8, 4) is 0 Å². The molecule has 1 saturated heterocycles. The molecule has 3 rings (SSSR count). The van der Waals surface area contributed by atoms with Crippen LogP contribution in [0.2, 0.25) is 0 Å². The molecule has 1 spiro atoms. The number of nitrogens with zero attached hydrogens (tertiary/aromatic N) is 1. The van der Waals surface area contributed by atoms with Crippen molar-refractivity contribution in [2.45, 2.75) is 45.1 Å². The highest BCUT2D eigenvalue weighted by molar-refractivity contribution is 6.06. The van der Waals surface area contributed by atoms with Gasteiger partial charge in [0.05, 0.1) is 18.1 Å². The summed E-state index contributed by atoms with van der Waals surface area (Å²) in [5.41, 5.74) is 1.40. The van der Waals surface area contributed by atoms with E-state index in [0.717, 1.165) is 36.8 Å². The minimum atomic E-state index is -0.810. The van der Waals surface area contributed by atoms with Crippen LogP contribution in [0.3, 0.4) is 0 Å². The van der Waals surface area contributed by atoms with Gasteiger partial charge in [0.2, 0.25) is 11.8 Å². The van der Waals surface area contributed by atoms with Crippen LogP contribution in [0.25, 0.3) is 0 Å². The average molecular weight is 287 g/mol. The van der Waals surface area contributed by atoms with Gasteiger partial charge in [0.1, 0.15) is 0 Å². The fourth-order valence-corrected chi connectivity index (χ4v) is 3.55. The lowest BCUT2D eigenvalue weighted by molar-refractivity contribution is -0.143. The Kier molecular flexibility index (Phi) is 3.57. The van der Waals surface area contributed by atoms with E-state index in [1.165, 1.54) is 4.90 Å². The van der Waals surface area contributed by atoms with Gasteiger partial charge in [-0.15, -0.1) is 0 Å². The molecule has 21 heavy (non-hydrogen) atoms. The summed E-state index contributed by atoms with van der Waals surface area (Å²) in [6, 6.07) is 7.53. The Bertz CT molecular complexity index is 558. The molecule has 112 valence electrons. The van der Waals surface area contributed by atoms with Gasteiger partial charge in [-0.3, -0.25) is 14.5 Å². The highest BCUT2D eigenvalue weighted by atomic mass is 16.3. The first-order valence-electron chi connectivity index (χ1n) is 7.61. The Hall–Kier alpha value is -1.68. The molecule has 2 amide bonds. The van der Waals surface area contributed by atoms with E-state index < -0.39 is 11.5 Å². The number of carbonyl (C=O) groups is 2. The number of hydrogen-bond acceptors (Lipinski definition) is 3. The predicted molar refractivity (Wildman–Crippen MR) is 78.4 cm³/mol. The van der Waals surface area contributed by atoms with E-state index in [2.05, 4.69) is 0 Å². The van der Waals surface area contributed by atoms with E-state index in [0.29, 0.717) is 6.42 Å². The summed E-state index contributed by atoms with van der Waals surface area (Å²) < 4.78 is 0. The van der Waals surface area contributed by atoms with Crippen LogP contribution >= 0.6 is 0 Å². The van der Waals surface area contributed by atoms with Gasteiger partial charge >= 0.3 is 0 Å². The number of aliphatic hydroxyl groups is 1. The van der Waals surface area contributed by atoms with Crippen molar-refractivity contribution in [1.82, 2.24) is 4.90 Å². The molecule has 1 heterocycles. The zero-order valence-corrected chi connectivity index (χ0v) is 12.3. The lowest BCUT2D eigenvalue weighted by Gasteiger charge is -2.23. The summed E-state index contributed by atoms with van der Waals surface area (Å²) >= 11 is 0. The fourth-order valence-electron chi connectivity index (χ4n) is 3.55. The van der Waals surface area contributed by atoms with Gasteiger partial charge in [-0.05, 0) is 25.3 Å². The maximum atomic E-state index is 12.6. The number of aryl methyl sites for hydroxylation is 1. The predicted octanol–water partition coefficient (Wildman–Crippen LogP) is 2.35. The second-order valence-corrected chi connectivity index (χ2v) is 6.40. The Morgan fingerprint density at radius 1 is 1.19 bits per heavy atom. The Balaban J connectivity index is 1.74. The van der Waals surface area contributed by atoms with Gasteiger partial charge in [0, 0.05) is 6.42 Å². The fraction of sp³-hybridized carbons (Fsp3) is 0.529. The number of carbonyl (C=O) groups excluding carboxylic acids is 2. The summed E-state index contributed by atoms with van der Waals surface area (Å²) in [6.07, 6.45) is 3.19. The maximum Gasteiger partial charge on any atom is 0.236 e.